The predicted molar refractivity (Wildman–Crippen MR) is 52.4 cm³/mol. The lowest BCUT2D eigenvalue weighted by atomic mass is 10.4. The van der Waals surface area contributed by atoms with Gasteiger partial charge in [-0.1, -0.05) is 5.16 Å². The first kappa shape index (κ1) is 15.0. The standard InChI is InChI=1S/C8H16F3N3O2/c1-14(3-2-7(12)13-15)4-5-16-6-8(9,10)11/h15H,2-6H2,1H3,(H2,12,13). The van der Waals surface area contributed by atoms with E-state index in [-0.39, 0.29) is 12.4 Å². The zero-order valence-corrected chi connectivity index (χ0v) is 9.00. The SMILES string of the molecule is CN(CCOCC(F)(F)F)CC/C(N)=N/O. The van der Waals surface area contributed by atoms with Crippen LogP contribution < -0.4 is 5.73 Å². The molecule has 0 aliphatic rings. The van der Waals surface area contributed by atoms with Crippen molar-refractivity contribution in [1.29, 1.82) is 0 Å². The third-order valence-electron chi connectivity index (χ3n) is 1.76. The average molecular weight is 243 g/mol. The molecule has 96 valence electrons. The van der Waals surface area contributed by atoms with Gasteiger partial charge in [0, 0.05) is 19.5 Å². The Kier molecular flexibility index (Phi) is 6.82. The molecule has 0 aliphatic heterocycles. The topological polar surface area (TPSA) is 71.1 Å². The Morgan fingerprint density at radius 2 is 2.06 bits per heavy atom. The van der Waals surface area contributed by atoms with Gasteiger partial charge in [-0.25, -0.2) is 0 Å². The number of hydrogen-bond acceptors (Lipinski definition) is 4. The maximum atomic E-state index is 11.7. The lowest BCUT2D eigenvalue weighted by Crippen LogP contribution is -2.29. The molecule has 0 radical (unpaired) electrons. The fourth-order valence-electron chi connectivity index (χ4n) is 0.875. The number of nitrogens with zero attached hydrogens (tertiary/aromatic N) is 2. The minimum absolute atomic E-state index is 0.00776. The van der Waals surface area contributed by atoms with Crippen LogP contribution in [0, 0.1) is 0 Å². The Bertz CT molecular complexity index is 221. The number of ether oxygens (including phenoxy) is 1. The second kappa shape index (κ2) is 7.29. The second-order valence-electron chi connectivity index (χ2n) is 3.31. The molecule has 0 amide bonds. The average Bonchev–Trinajstić information content (AvgIpc) is 2.19. The normalized spacial score (nSPS) is 13.4. The van der Waals surface area contributed by atoms with Crippen LogP contribution in [0.15, 0.2) is 5.16 Å². The van der Waals surface area contributed by atoms with E-state index in [4.69, 9.17) is 10.9 Å². The summed E-state index contributed by atoms with van der Waals surface area (Å²) >= 11 is 0. The summed E-state index contributed by atoms with van der Waals surface area (Å²) in [5.74, 6) is 0.0862. The van der Waals surface area contributed by atoms with Crippen molar-refractivity contribution in [3.63, 3.8) is 0 Å². The van der Waals surface area contributed by atoms with Crippen LogP contribution in [-0.4, -0.2) is 55.5 Å². The van der Waals surface area contributed by atoms with Crippen molar-refractivity contribution < 1.29 is 23.1 Å². The Balaban J connectivity index is 3.48. The van der Waals surface area contributed by atoms with Crippen LogP contribution in [0.2, 0.25) is 0 Å². The summed E-state index contributed by atoms with van der Waals surface area (Å²) in [5, 5.41) is 11.0. The van der Waals surface area contributed by atoms with E-state index in [9.17, 15) is 13.2 Å². The highest BCUT2D eigenvalue weighted by atomic mass is 19.4. The van der Waals surface area contributed by atoms with Gasteiger partial charge in [0.1, 0.15) is 12.4 Å². The van der Waals surface area contributed by atoms with Crippen LogP contribution in [-0.2, 0) is 4.74 Å². The van der Waals surface area contributed by atoms with Crippen molar-refractivity contribution in [3.8, 4) is 0 Å². The molecule has 0 saturated carbocycles. The van der Waals surface area contributed by atoms with E-state index in [1.807, 2.05) is 0 Å². The first-order valence-electron chi connectivity index (χ1n) is 4.64. The van der Waals surface area contributed by atoms with Crippen molar-refractivity contribution in [2.45, 2.75) is 12.6 Å². The van der Waals surface area contributed by atoms with Gasteiger partial charge in [-0.15, -0.1) is 0 Å². The predicted octanol–water partition coefficient (Wildman–Crippen LogP) is 0.634. The van der Waals surface area contributed by atoms with Crippen molar-refractivity contribution >= 4 is 5.84 Å². The monoisotopic (exact) mass is 243 g/mol. The quantitative estimate of drug-likeness (QED) is 0.226. The molecule has 16 heavy (non-hydrogen) atoms. The van der Waals surface area contributed by atoms with E-state index in [0.29, 0.717) is 19.5 Å². The minimum Gasteiger partial charge on any atom is -0.409 e. The zero-order valence-electron chi connectivity index (χ0n) is 9.00. The summed E-state index contributed by atoms with van der Waals surface area (Å²) in [6.45, 7) is -0.396. The number of rotatable bonds is 7. The molecule has 0 fully saturated rings. The first-order chi connectivity index (χ1) is 7.35. The van der Waals surface area contributed by atoms with Crippen molar-refractivity contribution in [2.75, 3.05) is 33.4 Å². The van der Waals surface area contributed by atoms with E-state index >= 15 is 0 Å². The minimum atomic E-state index is -4.29. The molecule has 0 aromatic rings. The van der Waals surface area contributed by atoms with E-state index in [0.717, 1.165) is 0 Å². The smallest absolute Gasteiger partial charge is 0.409 e. The Hall–Kier alpha value is -1.02. The first-order valence-corrected chi connectivity index (χ1v) is 4.64. The largest absolute Gasteiger partial charge is 0.411 e. The Labute approximate surface area is 91.6 Å². The third kappa shape index (κ3) is 9.53. The van der Waals surface area contributed by atoms with Crippen LogP contribution in [0.25, 0.3) is 0 Å². The number of alkyl halides is 3. The van der Waals surface area contributed by atoms with Gasteiger partial charge in [0.05, 0.1) is 6.61 Å². The van der Waals surface area contributed by atoms with Crippen LogP contribution in [0.3, 0.4) is 0 Å². The van der Waals surface area contributed by atoms with E-state index in [1.165, 1.54) is 0 Å². The van der Waals surface area contributed by atoms with Gasteiger partial charge in [-0.3, -0.25) is 0 Å². The Morgan fingerprint density at radius 1 is 1.44 bits per heavy atom. The molecule has 0 saturated heterocycles. The molecule has 0 unspecified atom stereocenters. The van der Waals surface area contributed by atoms with Crippen molar-refractivity contribution in [1.82, 2.24) is 4.90 Å². The molecule has 0 aromatic heterocycles. The van der Waals surface area contributed by atoms with E-state index in [2.05, 4.69) is 9.89 Å². The van der Waals surface area contributed by atoms with Gasteiger partial charge in [0.2, 0.25) is 0 Å². The van der Waals surface area contributed by atoms with Crippen LogP contribution in [0.5, 0.6) is 0 Å². The molecule has 8 heteroatoms. The lowest BCUT2D eigenvalue weighted by Gasteiger charge is -2.16. The molecule has 0 rings (SSSR count). The molecule has 3 N–H and O–H groups in total. The van der Waals surface area contributed by atoms with Crippen molar-refractivity contribution in [2.24, 2.45) is 10.9 Å². The second-order valence-corrected chi connectivity index (χ2v) is 3.31. The maximum Gasteiger partial charge on any atom is 0.411 e. The molecule has 0 atom stereocenters. The highest BCUT2D eigenvalue weighted by Gasteiger charge is 2.27. The van der Waals surface area contributed by atoms with E-state index < -0.39 is 12.8 Å². The van der Waals surface area contributed by atoms with Crippen LogP contribution in [0.1, 0.15) is 6.42 Å². The van der Waals surface area contributed by atoms with Gasteiger partial charge < -0.3 is 20.6 Å². The summed E-state index contributed by atoms with van der Waals surface area (Å²) < 4.78 is 39.5. The van der Waals surface area contributed by atoms with Gasteiger partial charge in [0.25, 0.3) is 0 Å². The van der Waals surface area contributed by atoms with Gasteiger partial charge in [-0.2, -0.15) is 13.2 Å². The van der Waals surface area contributed by atoms with Crippen molar-refractivity contribution in [3.05, 3.63) is 0 Å². The lowest BCUT2D eigenvalue weighted by molar-refractivity contribution is -0.174. The maximum absolute atomic E-state index is 11.7. The van der Waals surface area contributed by atoms with Gasteiger partial charge in [-0.05, 0) is 7.05 Å². The molecule has 0 bridgehead atoms. The number of likely N-dealkylation sites (N-methyl/N-ethyl adjacent to an activating group) is 1. The molecule has 5 nitrogen and oxygen atoms in total. The zero-order chi connectivity index (χ0) is 12.6. The number of amidine groups is 1. The summed E-state index contributed by atoms with van der Waals surface area (Å²) in [6, 6.07) is 0. The summed E-state index contributed by atoms with van der Waals surface area (Å²) in [7, 11) is 1.71. The summed E-state index contributed by atoms with van der Waals surface area (Å²) in [4.78, 5) is 1.73. The summed E-state index contributed by atoms with van der Waals surface area (Å²) in [5.41, 5.74) is 5.23. The highest BCUT2D eigenvalue weighted by Crippen LogP contribution is 2.14. The van der Waals surface area contributed by atoms with Crippen LogP contribution in [0.4, 0.5) is 13.2 Å². The molecule has 0 heterocycles. The van der Waals surface area contributed by atoms with Crippen LogP contribution >= 0.6 is 0 Å². The molecular weight excluding hydrogens is 227 g/mol. The number of nitrogens with two attached hydrogens (primary N) is 1. The molecule has 0 aliphatic carbocycles. The summed E-state index contributed by atoms with van der Waals surface area (Å²) in [6.07, 6.45) is -3.93. The number of oxime groups is 1. The molecular formula is C8H16F3N3O2. The number of hydrogen-bond donors (Lipinski definition) is 2. The van der Waals surface area contributed by atoms with E-state index in [1.54, 1.807) is 11.9 Å². The fraction of sp³-hybridized carbons (Fsp3) is 0.875. The molecule has 0 spiro atoms. The van der Waals surface area contributed by atoms with Gasteiger partial charge in [0.15, 0.2) is 0 Å². The number of halogens is 3. The highest BCUT2D eigenvalue weighted by molar-refractivity contribution is 5.79. The fourth-order valence-corrected chi connectivity index (χ4v) is 0.875. The Morgan fingerprint density at radius 3 is 2.56 bits per heavy atom. The molecule has 0 aromatic carbocycles. The van der Waals surface area contributed by atoms with Gasteiger partial charge >= 0.3 is 6.18 Å². The third-order valence-corrected chi connectivity index (χ3v) is 1.76.